The monoisotopic (exact) mass is 234 g/mol. The third-order valence-electron chi connectivity index (χ3n) is 1.56. The van der Waals surface area contributed by atoms with Gasteiger partial charge in [-0.3, -0.25) is 0 Å². The second-order valence-electron chi connectivity index (χ2n) is 2.90. The predicted octanol–water partition coefficient (Wildman–Crippen LogP) is 3.06. The first-order chi connectivity index (χ1) is 7.41. The molecule has 0 amide bonds. The van der Waals surface area contributed by atoms with Crippen molar-refractivity contribution in [2.75, 3.05) is 0 Å². The quantitative estimate of drug-likeness (QED) is 0.496. The van der Waals surface area contributed by atoms with Gasteiger partial charge in [-0.05, 0) is 12.1 Å². The van der Waals surface area contributed by atoms with Crippen LogP contribution in [0.5, 0.6) is 0 Å². The average Bonchev–Trinajstić information content (AvgIpc) is 2.16. The van der Waals surface area contributed by atoms with E-state index in [9.17, 15) is 13.2 Å². The molecule has 0 radical (unpaired) electrons. The molecular formula is C9H9F3N2O2. The van der Waals surface area contributed by atoms with E-state index in [0.29, 0.717) is 0 Å². The summed E-state index contributed by atoms with van der Waals surface area (Å²) in [6.07, 6.45) is -5.72. The molecule has 88 valence electrons. The van der Waals surface area contributed by atoms with E-state index in [2.05, 4.69) is 15.2 Å². The van der Waals surface area contributed by atoms with Gasteiger partial charge in [-0.2, -0.15) is 13.2 Å². The van der Waals surface area contributed by atoms with Gasteiger partial charge in [0.1, 0.15) is 5.69 Å². The zero-order chi connectivity index (χ0) is 12.2. The van der Waals surface area contributed by atoms with E-state index in [1.54, 1.807) is 0 Å². The summed E-state index contributed by atoms with van der Waals surface area (Å²) >= 11 is 0. The second-order valence-corrected chi connectivity index (χ2v) is 2.90. The number of nitrogens with zero attached hydrogens (tertiary/aromatic N) is 2. The molecule has 16 heavy (non-hydrogen) atoms. The Morgan fingerprint density at radius 2 is 1.94 bits per heavy atom. The van der Waals surface area contributed by atoms with E-state index >= 15 is 0 Å². The molecule has 0 fully saturated rings. The van der Waals surface area contributed by atoms with Crippen LogP contribution in [-0.2, 0) is 11.0 Å². The Morgan fingerprint density at radius 3 is 2.50 bits per heavy atom. The standard InChI is InChI=1S/C9H9F3N2O2/c1-6(15)16-14-13-8-5-3-2-4-7(8)9(10,11)12/h2-6,15H,1H3. The van der Waals surface area contributed by atoms with Crippen molar-refractivity contribution in [1.82, 2.24) is 0 Å². The van der Waals surface area contributed by atoms with E-state index in [1.165, 1.54) is 19.1 Å². The van der Waals surface area contributed by atoms with Crippen molar-refractivity contribution >= 4 is 5.69 Å². The predicted molar refractivity (Wildman–Crippen MR) is 48.7 cm³/mol. The lowest BCUT2D eigenvalue weighted by Gasteiger charge is -2.08. The van der Waals surface area contributed by atoms with Crippen molar-refractivity contribution in [3.63, 3.8) is 0 Å². The molecule has 1 unspecified atom stereocenters. The first-order valence-corrected chi connectivity index (χ1v) is 4.32. The number of aliphatic hydroxyl groups excluding tert-OH is 1. The summed E-state index contributed by atoms with van der Waals surface area (Å²) in [5.41, 5.74) is -1.27. The second kappa shape index (κ2) is 4.93. The molecule has 1 aromatic rings. The maximum absolute atomic E-state index is 12.4. The highest BCUT2D eigenvalue weighted by molar-refractivity contribution is 5.46. The van der Waals surface area contributed by atoms with Crippen LogP contribution < -0.4 is 0 Å². The Balaban J connectivity index is 2.92. The fraction of sp³-hybridized carbons (Fsp3) is 0.333. The third-order valence-corrected chi connectivity index (χ3v) is 1.56. The Labute approximate surface area is 89.3 Å². The van der Waals surface area contributed by atoms with Crippen molar-refractivity contribution in [3.8, 4) is 0 Å². The summed E-state index contributed by atoms with van der Waals surface area (Å²) in [7, 11) is 0. The molecule has 4 nitrogen and oxygen atoms in total. The maximum Gasteiger partial charge on any atom is 0.418 e. The minimum absolute atomic E-state index is 0.365. The fourth-order valence-corrected chi connectivity index (χ4v) is 0.936. The van der Waals surface area contributed by atoms with Crippen molar-refractivity contribution in [3.05, 3.63) is 29.8 Å². The highest BCUT2D eigenvalue weighted by Gasteiger charge is 2.33. The minimum atomic E-state index is -4.50. The highest BCUT2D eigenvalue weighted by Crippen LogP contribution is 2.36. The van der Waals surface area contributed by atoms with Crippen LogP contribution in [0.3, 0.4) is 0 Å². The molecular weight excluding hydrogens is 225 g/mol. The molecule has 0 aliphatic carbocycles. The largest absolute Gasteiger partial charge is 0.418 e. The zero-order valence-corrected chi connectivity index (χ0v) is 8.27. The van der Waals surface area contributed by atoms with Gasteiger partial charge < -0.3 is 9.94 Å². The Bertz CT molecular complexity index is 377. The van der Waals surface area contributed by atoms with Crippen LogP contribution in [0.15, 0.2) is 34.7 Å². The molecule has 0 aromatic heterocycles. The van der Waals surface area contributed by atoms with Crippen LogP contribution >= 0.6 is 0 Å². The van der Waals surface area contributed by atoms with Crippen LogP contribution in [0, 0.1) is 0 Å². The molecule has 0 aliphatic rings. The SMILES string of the molecule is CC(O)ON=Nc1ccccc1C(F)(F)F. The Hall–Kier alpha value is -1.63. The molecule has 1 N–H and O–H groups in total. The van der Waals surface area contributed by atoms with E-state index in [4.69, 9.17) is 5.11 Å². The first kappa shape index (κ1) is 12.4. The molecule has 0 aliphatic heterocycles. The number of alkyl halides is 3. The molecule has 0 spiro atoms. The van der Waals surface area contributed by atoms with Gasteiger partial charge in [-0.25, -0.2) is 0 Å². The summed E-state index contributed by atoms with van der Waals surface area (Å²) in [6.45, 7) is 1.26. The van der Waals surface area contributed by atoms with E-state index in [0.717, 1.165) is 12.1 Å². The third kappa shape index (κ3) is 3.50. The molecule has 1 rings (SSSR count). The number of rotatable bonds is 3. The van der Waals surface area contributed by atoms with Gasteiger partial charge in [0.2, 0.25) is 6.29 Å². The maximum atomic E-state index is 12.4. The molecule has 0 bridgehead atoms. The molecule has 1 atom stereocenters. The van der Waals surface area contributed by atoms with Crippen LogP contribution in [0.25, 0.3) is 0 Å². The molecule has 0 heterocycles. The van der Waals surface area contributed by atoms with Gasteiger partial charge in [0.15, 0.2) is 0 Å². The van der Waals surface area contributed by atoms with E-state index < -0.39 is 18.0 Å². The number of aliphatic hydroxyl groups is 1. The topological polar surface area (TPSA) is 54.2 Å². The molecule has 1 aromatic carbocycles. The van der Waals surface area contributed by atoms with Crippen molar-refractivity contribution in [2.45, 2.75) is 19.4 Å². The van der Waals surface area contributed by atoms with Crippen molar-refractivity contribution in [1.29, 1.82) is 0 Å². The summed E-state index contributed by atoms with van der Waals surface area (Å²) in [5.74, 6) is 0. The lowest BCUT2D eigenvalue weighted by Crippen LogP contribution is -2.04. The lowest BCUT2D eigenvalue weighted by molar-refractivity contribution is -0.137. The van der Waals surface area contributed by atoms with Crippen molar-refractivity contribution < 1.29 is 23.1 Å². The van der Waals surface area contributed by atoms with E-state index in [-0.39, 0.29) is 5.69 Å². The number of hydrogen-bond donors (Lipinski definition) is 1. The summed E-state index contributed by atoms with van der Waals surface area (Å²) in [5, 5.41) is 14.9. The smallest absolute Gasteiger partial charge is 0.357 e. The van der Waals surface area contributed by atoms with Gasteiger partial charge in [0, 0.05) is 12.2 Å². The number of benzene rings is 1. The molecule has 0 saturated heterocycles. The number of hydrogen-bond acceptors (Lipinski definition) is 4. The van der Waals surface area contributed by atoms with Gasteiger partial charge in [0.25, 0.3) is 0 Å². The summed E-state index contributed by atoms with van der Waals surface area (Å²) in [6, 6.07) is 4.68. The van der Waals surface area contributed by atoms with Gasteiger partial charge >= 0.3 is 6.18 Å². The van der Waals surface area contributed by atoms with Crippen LogP contribution in [0.2, 0.25) is 0 Å². The molecule has 0 saturated carbocycles. The van der Waals surface area contributed by atoms with Gasteiger partial charge in [-0.15, -0.1) is 5.11 Å². The summed E-state index contributed by atoms with van der Waals surface area (Å²) in [4.78, 5) is 4.26. The molecule has 7 heteroatoms. The average molecular weight is 234 g/mol. The van der Waals surface area contributed by atoms with Crippen LogP contribution in [-0.4, -0.2) is 11.4 Å². The Morgan fingerprint density at radius 1 is 1.31 bits per heavy atom. The minimum Gasteiger partial charge on any atom is -0.357 e. The fourth-order valence-electron chi connectivity index (χ4n) is 0.936. The first-order valence-electron chi connectivity index (χ1n) is 4.32. The van der Waals surface area contributed by atoms with Crippen LogP contribution in [0.1, 0.15) is 12.5 Å². The van der Waals surface area contributed by atoms with Crippen LogP contribution in [0.4, 0.5) is 18.9 Å². The van der Waals surface area contributed by atoms with E-state index in [1.807, 2.05) is 0 Å². The van der Waals surface area contributed by atoms with Gasteiger partial charge in [0.05, 0.1) is 5.56 Å². The lowest BCUT2D eigenvalue weighted by atomic mass is 10.2. The normalized spacial score (nSPS) is 14.1. The summed E-state index contributed by atoms with van der Waals surface area (Å²) < 4.78 is 37.3. The zero-order valence-electron chi connectivity index (χ0n) is 8.27. The Kier molecular flexibility index (Phi) is 3.83. The highest BCUT2D eigenvalue weighted by atomic mass is 19.4. The number of halogens is 3. The van der Waals surface area contributed by atoms with Gasteiger partial charge in [-0.1, -0.05) is 12.1 Å². The van der Waals surface area contributed by atoms with Crippen molar-refractivity contribution in [2.24, 2.45) is 10.4 Å².